The van der Waals surface area contributed by atoms with Gasteiger partial charge in [0.05, 0.1) is 11.2 Å². The Hall–Kier alpha value is -3.13. The second kappa shape index (κ2) is 6.88. The van der Waals surface area contributed by atoms with Crippen molar-refractivity contribution >= 4 is 32.6 Å². The number of aryl methyl sites for hydroxylation is 2. The molecule has 0 saturated heterocycles. The number of anilines is 1. The predicted octanol–water partition coefficient (Wildman–Crippen LogP) is 3.72. The number of halogens is 1. The topological polar surface area (TPSA) is 63.9 Å². The number of carbonyl (C=O) groups is 1. The van der Waals surface area contributed by atoms with E-state index in [-0.39, 0.29) is 18.0 Å². The van der Waals surface area contributed by atoms with Gasteiger partial charge in [-0.3, -0.25) is 19.4 Å². The van der Waals surface area contributed by atoms with Crippen molar-refractivity contribution in [2.24, 2.45) is 7.05 Å². The zero-order chi connectivity index (χ0) is 19.0. The molecule has 3 heterocycles. The molecule has 8 heteroatoms. The lowest BCUT2D eigenvalue weighted by molar-refractivity contribution is 0.0979. The average Bonchev–Trinajstić information content (AvgIpc) is 3.25. The number of hydrogen-bond acceptors (Lipinski definition) is 5. The van der Waals surface area contributed by atoms with Gasteiger partial charge in [0, 0.05) is 25.1 Å². The van der Waals surface area contributed by atoms with Crippen molar-refractivity contribution in [3.05, 3.63) is 71.6 Å². The van der Waals surface area contributed by atoms with Gasteiger partial charge in [-0.1, -0.05) is 23.5 Å². The Balaban J connectivity index is 1.79. The summed E-state index contributed by atoms with van der Waals surface area (Å²) in [4.78, 5) is 23.2. The van der Waals surface area contributed by atoms with E-state index in [9.17, 15) is 9.18 Å². The monoisotopic (exact) mass is 381 g/mol. The van der Waals surface area contributed by atoms with E-state index in [0.29, 0.717) is 15.5 Å². The highest BCUT2D eigenvalue weighted by atomic mass is 32.1. The Kier molecular flexibility index (Phi) is 4.41. The van der Waals surface area contributed by atoms with Gasteiger partial charge in [-0.2, -0.15) is 5.10 Å². The number of hydrogen-bond donors (Lipinski definition) is 0. The fraction of sp³-hybridized carbons (Fsp3) is 0.158. The van der Waals surface area contributed by atoms with E-state index < -0.39 is 5.82 Å². The van der Waals surface area contributed by atoms with Crippen LogP contribution in [0.25, 0.3) is 10.2 Å². The Morgan fingerprint density at radius 1 is 1.30 bits per heavy atom. The maximum atomic E-state index is 14.1. The second-order valence-electron chi connectivity index (χ2n) is 6.13. The molecule has 0 aliphatic carbocycles. The SMILES string of the molecule is Cc1cc(C(=O)N(Cc2cccnc2)c2nc3c(F)cccc3s2)nn1C. The number of para-hydroxylation sites is 1. The molecule has 3 aromatic heterocycles. The van der Waals surface area contributed by atoms with E-state index in [1.807, 2.05) is 13.0 Å². The summed E-state index contributed by atoms with van der Waals surface area (Å²) in [5, 5.41) is 4.71. The highest BCUT2D eigenvalue weighted by Crippen LogP contribution is 2.32. The summed E-state index contributed by atoms with van der Waals surface area (Å²) in [6, 6.07) is 10.2. The molecular formula is C19H16FN5OS. The minimum absolute atomic E-state index is 0.263. The van der Waals surface area contributed by atoms with Gasteiger partial charge in [-0.15, -0.1) is 0 Å². The van der Waals surface area contributed by atoms with Crippen molar-refractivity contribution in [2.45, 2.75) is 13.5 Å². The Labute approximate surface area is 158 Å². The van der Waals surface area contributed by atoms with Gasteiger partial charge in [0.15, 0.2) is 10.8 Å². The Morgan fingerprint density at radius 3 is 2.81 bits per heavy atom. The molecule has 27 heavy (non-hydrogen) atoms. The first-order chi connectivity index (χ1) is 13.0. The molecule has 0 fully saturated rings. The molecule has 0 aliphatic heterocycles. The number of benzene rings is 1. The molecule has 0 spiro atoms. The molecular weight excluding hydrogens is 365 g/mol. The Morgan fingerprint density at radius 2 is 2.15 bits per heavy atom. The summed E-state index contributed by atoms with van der Waals surface area (Å²) >= 11 is 1.27. The van der Waals surface area contributed by atoms with Crippen LogP contribution in [0.2, 0.25) is 0 Å². The molecule has 6 nitrogen and oxygen atoms in total. The first-order valence-electron chi connectivity index (χ1n) is 8.29. The lowest BCUT2D eigenvalue weighted by Gasteiger charge is -2.18. The first-order valence-corrected chi connectivity index (χ1v) is 9.11. The van der Waals surface area contributed by atoms with Gasteiger partial charge in [-0.05, 0) is 36.8 Å². The fourth-order valence-electron chi connectivity index (χ4n) is 2.72. The number of thiazole rings is 1. The van der Waals surface area contributed by atoms with Crippen molar-refractivity contribution in [1.82, 2.24) is 19.7 Å². The summed E-state index contributed by atoms with van der Waals surface area (Å²) in [7, 11) is 1.78. The molecule has 0 aliphatic rings. The van der Waals surface area contributed by atoms with E-state index in [2.05, 4.69) is 15.1 Å². The van der Waals surface area contributed by atoms with Crippen molar-refractivity contribution in [3.63, 3.8) is 0 Å². The smallest absolute Gasteiger partial charge is 0.278 e. The number of carbonyl (C=O) groups excluding carboxylic acids is 1. The van der Waals surface area contributed by atoms with Gasteiger partial charge >= 0.3 is 0 Å². The number of amides is 1. The van der Waals surface area contributed by atoms with Crippen molar-refractivity contribution in [3.8, 4) is 0 Å². The summed E-state index contributed by atoms with van der Waals surface area (Å²) in [5.41, 5.74) is 2.30. The number of pyridine rings is 1. The molecule has 4 aromatic rings. The third kappa shape index (κ3) is 3.31. The van der Waals surface area contributed by atoms with Crippen LogP contribution in [-0.2, 0) is 13.6 Å². The highest BCUT2D eigenvalue weighted by molar-refractivity contribution is 7.22. The minimum Gasteiger partial charge on any atom is -0.278 e. The molecule has 0 atom stereocenters. The second-order valence-corrected chi connectivity index (χ2v) is 7.14. The zero-order valence-electron chi connectivity index (χ0n) is 14.8. The molecule has 1 amide bonds. The summed E-state index contributed by atoms with van der Waals surface area (Å²) < 4.78 is 16.4. The van der Waals surface area contributed by atoms with Crippen molar-refractivity contribution < 1.29 is 9.18 Å². The molecule has 0 N–H and O–H groups in total. The lowest BCUT2D eigenvalue weighted by Crippen LogP contribution is -2.30. The molecule has 0 saturated carbocycles. The highest BCUT2D eigenvalue weighted by Gasteiger charge is 2.24. The summed E-state index contributed by atoms with van der Waals surface area (Å²) in [6.45, 7) is 2.14. The number of fused-ring (bicyclic) bond motifs is 1. The van der Waals surface area contributed by atoms with Crippen LogP contribution in [0.3, 0.4) is 0 Å². The number of aromatic nitrogens is 4. The Bertz CT molecular complexity index is 1100. The minimum atomic E-state index is -0.405. The van der Waals surface area contributed by atoms with Crippen LogP contribution >= 0.6 is 11.3 Å². The molecule has 4 rings (SSSR count). The van der Waals surface area contributed by atoms with Gasteiger partial charge in [0.25, 0.3) is 5.91 Å². The molecule has 1 aromatic carbocycles. The molecule has 0 radical (unpaired) electrons. The van der Waals surface area contributed by atoms with Gasteiger partial charge < -0.3 is 0 Å². The number of rotatable bonds is 4. The maximum Gasteiger partial charge on any atom is 0.280 e. The van der Waals surface area contributed by atoms with Gasteiger partial charge in [0.1, 0.15) is 11.3 Å². The van der Waals surface area contributed by atoms with Crippen LogP contribution in [0.15, 0.2) is 48.8 Å². The van der Waals surface area contributed by atoms with E-state index in [1.54, 1.807) is 48.4 Å². The summed E-state index contributed by atoms with van der Waals surface area (Å²) in [5.74, 6) is -0.695. The molecule has 0 unspecified atom stereocenters. The van der Waals surface area contributed by atoms with E-state index in [0.717, 1.165) is 11.3 Å². The largest absolute Gasteiger partial charge is 0.280 e. The zero-order valence-corrected chi connectivity index (χ0v) is 15.6. The van der Waals surface area contributed by atoms with Gasteiger partial charge in [0.2, 0.25) is 0 Å². The molecule has 0 bridgehead atoms. The lowest BCUT2D eigenvalue weighted by atomic mass is 10.2. The van der Waals surface area contributed by atoms with Crippen LogP contribution in [0, 0.1) is 12.7 Å². The predicted molar refractivity (Wildman–Crippen MR) is 102 cm³/mol. The van der Waals surface area contributed by atoms with E-state index >= 15 is 0 Å². The molecule has 136 valence electrons. The van der Waals surface area contributed by atoms with E-state index in [4.69, 9.17) is 0 Å². The van der Waals surface area contributed by atoms with E-state index in [1.165, 1.54) is 22.3 Å². The van der Waals surface area contributed by atoms with Crippen LogP contribution < -0.4 is 4.90 Å². The third-order valence-corrected chi connectivity index (χ3v) is 5.27. The standard InChI is InChI=1S/C19H16FN5OS/c1-12-9-15(23-24(12)2)18(26)25(11-13-5-4-8-21-10-13)19-22-17-14(20)6-3-7-16(17)27-19/h3-10H,11H2,1-2H3. The van der Waals surface area contributed by atoms with Crippen LogP contribution in [0.1, 0.15) is 21.7 Å². The van der Waals surface area contributed by atoms with Crippen molar-refractivity contribution in [1.29, 1.82) is 0 Å². The van der Waals surface area contributed by atoms with Crippen LogP contribution in [0.4, 0.5) is 9.52 Å². The third-order valence-electron chi connectivity index (χ3n) is 4.23. The van der Waals surface area contributed by atoms with Gasteiger partial charge in [-0.25, -0.2) is 9.37 Å². The van der Waals surface area contributed by atoms with Crippen LogP contribution in [-0.4, -0.2) is 25.7 Å². The number of nitrogens with zero attached hydrogens (tertiary/aromatic N) is 5. The normalized spacial score (nSPS) is 11.1. The quantitative estimate of drug-likeness (QED) is 0.540. The first kappa shape index (κ1) is 17.3. The summed E-state index contributed by atoms with van der Waals surface area (Å²) in [6.07, 6.45) is 3.36. The maximum absolute atomic E-state index is 14.1. The fourth-order valence-corrected chi connectivity index (χ4v) is 3.70. The van der Waals surface area contributed by atoms with Crippen molar-refractivity contribution in [2.75, 3.05) is 4.90 Å². The van der Waals surface area contributed by atoms with Crippen LogP contribution in [0.5, 0.6) is 0 Å². The average molecular weight is 381 g/mol.